The van der Waals surface area contributed by atoms with Crippen molar-refractivity contribution in [3.63, 3.8) is 0 Å². The predicted octanol–water partition coefficient (Wildman–Crippen LogP) is 3.63. The van der Waals surface area contributed by atoms with Gasteiger partial charge in [0.25, 0.3) is 0 Å². The van der Waals surface area contributed by atoms with Gasteiger partial charge < -0.3 is 5.32 Å². The van der Waals surface area contributed by atoms with Crippen LogP contribution in [0.4, 0.5) is 0 Å². The molecule has 2 nitrogen and oxygen atoms in total. The van der Waals surface area contributed by atoms with E-state index >= 15 is 0 Å². The molecule has 2 aromatic rings. The highest BCUT2D eigenvalue weighted by Gasteiger charge is 2.04. The third-order valence-corrected chi connectivity index (χ3v) is 3.20. The molecule has 0 spiro atoms. The minimum absolute atomic E-state index is 0.311. The smallest absolute Gasteiger partial charge is 0.0409 e. The molecule has 1 aromatic carbocycles. The van der Waals surface area contributed by atoms with E-state index in [4.69, 9.17) is 11.6 Å². The summed E-state index contributed by atoms with van der Waals surface area (Å²) in [4.78, 5) is 4.01. The van der Waals surface area contributed by atoms with Crippen molar-refractivity contribution in [1.29, 1.82) is 0 Å². The highest BCUT2D eigenvalue weighted by Crippen LogP contribution is 2.17. The summed E-state index contributed by atoms with van der Waals surface area (Å²) in [6.45, 7) is 3.09. The van der Waals surface area contributed by atoms with E-state index in [0.29, 0.717) is 6.04 Å². The van der Waals surface area contributed by atoms with E-state index in [2.05, 4.69) is 23.3 Å². The molecule has 0 aliphatic carbocycles. The summed E-state index contributed by atoms with van der Waals surface area (Å²) >= 11 is 5.98. The van der Waals surface area contributed by atoms with Gasteiger partial charge in [-0.3, -0.25) is 4.98 Å². The van der Waals surface area contributed by atoms with Crippen molar-refractivity contribution < 1.29 is 0 Å². The fourth-order valence-electron chi connectivity index (χ4n) is 1.88. The van der Waals surface area contributed by atoms with E-state index in [0.717, 1.165) is 18.0 Å². The molecule has 0 amide bonds. The monoisotopic (exact) mass is 260 g/mol. The maximum absolute atomic E-state index is 5.98. The van der Waals surface area contributed by atoms with Gasteiger partial charge in [-0.15, -0.1) is 0 Å². The normalized spacial score (nSPS) is 12.3. The molecule has 1 atom stereocenters. The molecule has 0 fully saturated rings. The lowest BCUT2D eigenvalue weighted by atomic mass is 10.1. The van der Waals surface area contributed by atoms with Gasteiger partial charge in [-0.25, -0.2) is 0 Å². The number of rotatable bonds is 5. The van der Waals surface area contributed by atoms with Crippen LogP contribution in [0.15, 0.2) is 48.8 Å². The van der Waals surface area contributed by atoms with Crippen LogP contribution >= 0.6 is 11.6 Å². The molecule has 1 aromatic heterocycles. The number of halogens is 1. The molecule has 0 saturated carbocycles. The van der Waals surface area contributed by atoms with Gasteiger partial charge in [0, 0.05) is 23.5 Å². The summed E-state index contributed by atoms with van der Waals surface area (Å²) in [5.74, 6) is 0. The van der Waals surface area contributed by atoms with E-state index in [1.54, 1.807) is 0 Å². The van der Waals surface area contributed by atoms with Crippen LogP contribution in [0.5, 0.6) is 0 Å². The molecule has 0 aliphatic heterocycles. The zero-order valence-corrected chi connectivity index (χ0v) is 11.2. The van der Waals surface area contributed by atoms with Gasteiger partial charge in [0.05, 0.1) is 0 Å². The second kappa shape index (κ2) is 6.53. The standard InChI is InChI=1S/C15H17ClN2/c1-12(14-3-2-4-15(16)11-14)18-10-7-13-5-8-17-9-6-13/h2-6,8-9,11-12,18H,7,10H2,1H3/t12-/m0/s1. The first-order chi connectivity index (χ1) is 8.75. The van der Waals surface area contributed by atoms with Crippen LogP contribution in [-0.4, -0.2) is 11.5 Å². The molecule has 3 heteroatoms. The Labute approximate surface area is 113 Å². The molecule has 0 unspecified atom stereocenters. The summed E-state index contributed by atoms with van der Waals surface area (Å²) in [6.07, 6.45) is 4.67. The predicted molar refractivity (Wildman–Crippen MR) is 75.8 cm³/mol. The van der Waals surface area contributed by atoms with Crippen molar-refractivity contribution in [1.82, 2.24) is 10.3 Å². The summed E-state index contributed by atoms with van der Waals surface area (Å²) < 4.78 is 0. The topological polar surface area (TPSA) is 24.9 Å². The highest BCUT2D eigenvalue weighted by atomic mass is 35.5. The maximum atomic E-state index is 5.98. The third-order valence-electron chi connectivity index (χ3n) is 2.96. The van der Waals surface area contributed by atoms with Gasteiger partial charge in [-0.05, 0) is 55.3 Å². The molecule has 2 rings (SSSR count). The van der Waals surface area contributed by atoms with Crippen molar-refractivity contribution in [2.45, 2.75) is 19.4 Å². The van der Waals surface area contributed by atoms with Crippen molar-refractivity contribution in [2.75, 3.05) is 6.54 Å². The van der Waals surface area contributed by atoms with Crippen LogP contribution in [-0.2, 0) is 6.42 Å². The van der Waals surface area contributed by atoms with Gasteiger partial charge in [0.1, 0.15) is 0 Å². The lowest BCUT2D eigenvalue weighted by molar-refractivity contribution is 0.577. The second-order valence-corrected chi connectivity index (χ2v) is 4.77. The molecule has 1 heterocycles. The Bertz CT molecular complexity index is 485. The third kappa shape index (κ3) is 3.83. The second-order valence-electron chi connectivity index (χ2n) is 4.34. The molecular weight excluding hydrogens is 244 g/mol. The number of pyridine rings is 1. The fraction of sp³-hybridized carbons (Fsp3) is 0.267. The number of hydrogen-bond acceptors (Lipinski definition) is 2. The minimum atomic E-state index is 0.311. The first-order valence-electron chi connectivity index (χ1n) is 6.13. The number of nitrogens with zero attached hydrogens (tertiary/aromatic N) is 1. The van der Waals surface area contributed by atoms with Crippen molar-refractivity contribution in [3.05, 3.63) is 64.9 Å². The first-order valence-corrected chi connectivity index (χ1v) is 6.51. The first kappa shape index (κ1) is 13.1. The Morgan fingerprint density at radius 3 is 2.72 bits per heavy atom. The van der Waals surface area contributed by atoms with Crippen LogP contribution < -0.4 is 5.32 Å². The molecule has 0 saturated heterocycles. The zero-order valence-electron chi connectivity index (χ0n) is 10.4. The van der Waals surface area contributed by atoms with Crippen LogP contribution in [0.3, 0.4) is 0 Å². The number of benzene rings is 1. The number of aromatic nitrogens is 1. The van der Waals surface area contributed by atoms with Crippen LogP contribution in [0, 0.1) is 0 Å². The Morgan fingerprint density at radius 2 is 2.00 bits per heavy atom. The highest BCUT2D eigenvalue weighted by molar-refractivity contribution is 6.30. The quantitative estimate of drug-likeness (QED) is 0.888. The van der Waals surface area contributed by atoms with E-state index in [-0.39, 0.29) is 0 Å². The fourth-order valence-corrected chi connectivity index (χ4v) is 2.07. The summed E-state index contributed by atoms with van der Waals surface area (Å²) in [5, 5.41) is 4.28. The van der Waals surface area contributed by atoms with Gasteiger partial charge in [-0.2, -0.15) is 0 Å². The lowest BCUT2D eigenvalue weighted by Gasteiger charge is -2.14. The molecule has 0 bridgehead atoms. The average Bonchev–Trinajstić information content (AvgIpc) is 2.40. The van der Waals surface area contributed by atoms with Crippen LogP contribution in [0.25, 0.3) is 0 Å². The number of hydrogen-bond donors (Lipinski definition) is 1. The lowest BCUT2D eigenvalue weighted by Crippen LogP contribution is -2.21. The molecule has 0 radical (unpaired) electrons. The number of nitrogens with one attached hydrogen (secondary N) is 1. The summed E-state index contributed by atoms with van der Waals surface area (Å²) in [7, 11) is 0. The SMILES string of the molecule is C[C@H](NCCc1ccncc1)c1cccc(Cl)c1. The van der Waals surface area contributed by atoms with Crippen molar-refractivity contribution >= 4 is 11.6 Å². The molecule has 94 valence electrons. The Hall–Kier alpha value is -1.38. The van der Waals surface area contributed by atoms with E-state index in [9.17, 15) is 0 Å². The van der Waals surface area contributed by atoms with Gasteiger partial charge >= 0.3 is 0 Å². The molecular formula is C15H17ClN2. The largest absolute Gasteiger partial charge is 0.310 e. The van der Waals surface area contributed by atoms with Crippen molar-refractivity contribution in [2.24, 2.45) is 0 Å². The van der Waals surface area contributed by atoms with Gasteiger partial charge in [0.15, 0.2) is 0 Å². The van der Waals surface area contributed by atoms with Crippen LogP contribution in [0.1, 0.15) is 24.1 Å². The minimum Gasteiger partial charge on any atom is -0.310 e. The Balaban J connectivity index is 1.83. The molecule has 0 aliphatic rings. The van der Waals surface area contributed by atoms with Gasteiger partial charge in [0.2, 0.25) is 0 Å². The zero-order chi connectivity index (χ0) is 12.8. The Kier molecular flexibility index (Phi) is 4.73. The van der Waals surface area contributed by atoms with Gasteiger partial charge in [-0.1, -0.05) is 23.7 Å². The maximum Gasteiger partial charge on any atom is 0.0409 e. The van der Waals surface area contributed by atoms with Crippen LogP contribution in [0.2, 0.25) is 5.02 Å². The molecule has 18 heavy (non-hydrogen) atoms. The van der Waals surface area contributed by atoms with E-state index < -0.39 is 0 Å². The summed E-state index contributed by atoms with van der Waals surface area (Å²) in [6, 6.07) is 12.4. The van der Waals surface area contributed by atoms with Crippen molar-refractivity contribution in [3.8, 4) is 0 Å². The Morgan fingerprint density at radius 1 is 1.22 bits per heavy atom. The van der Waals surface area contributed by atoms with E-state index in [1.807, 2.05) is 42.7 Å². The molecule has 1 N–H and O–H groups in total. The average molecular weight is 261 g/mol. The van der Waals surface area contributed by atoms with E-state index in [1.165, 1.54) is 11.1 Å². The summed E-state index contributed by atoms with van der Waals surface area (Å²) in [5.41, 5.74) is 2.52.